The minimum absolute atomic E-state index is 0.609. The summed E-state index contributed by atoms with van der Waals surface area (Å²) in [4.78, 5) is 2.38. The van der Waals surface area contributed by atoms with Gasteiger partial charge in [-0.2, -0.15) is 0 Å². The van der Waals surface area contributed by atoms with Gasteiger partial charge in [0.05, 0.1) is 0 Å². The van der Waals surface area contributed by atoms with E-state index < -0.39 is 11.2 Å². The zero-order chi connectivity index (χ0) is 21.2. The summed E-state index contributed by atoms with van der Waals surface area (Å²) in [5.74, 6) is 2.09. The van der Waals surface area contributed by atoms with Gasteiger partial charge in [-0.25, -0.2) is 0 Å². The lowest BCUT2D eigenvalue weighted by Gasteiger charge is -2.45. The van der Waals surface area contributed by atoms with E-state index >= 15 is 0 Å². The number of piperidine rings is 1. The van der Waals surface area contributed by atoms with Crippen LogP contribution < -0.4 is 4.74 Å². The molecule has 0 aromatic heterocycles. The third kappa shape index (κ3) is 5.53. The summed E-state index contributed by atoms with van der Waals surface area (Å²) in [6, 6.07) is 15.8. The lowest BCUT2D eigenvalue weighted by atomic mass is 9.84. The third-order valence-electron chi connectivity index (χ3n) is 6.18. The summed E-state index contributed by atoms with van der Waals surface area (Å²) < 4.78 is 6.27. The highest BCUT2D eigenvalue weighted by atomic mass is 35.5. The Bertz CT molecular complexity index is 789. The van der Waals surface area contributed by atoms with Crippen molar-refractivity contribution in [2.45, 2.75) is 52.2 Å². The Morgan fingerprint density at radius 1 is 0.931 bits per heavy atom. The van der Waals surface area contributed by atoms with Gasteiger partial charge in [-0.05, 0) is 74.4 Å². The largest absolute Gasteiger partial charge is 0.485 e. The van der Waals surface area contributed by atoms with Crippen molar-refractivity contribution in [1.29, 1.82) is 0 Å². The highest BCUT2D eigenvalue weighted by molar-refractivity contribution is 6.30. The van der Waals surface area contributed by atoms with E-state index in [0.29, 0.717) is 18.4 Å². The fourth-order valence-electron chi connectivity index (χ4n) is 4.31. The van der Waals surface area contributed by atoms with Gasteiger partial charge in [0, 0.05) is 24.7 Å². The zero-order valence-electron chi connectivity index (χ0n) is 18.3. The van der Waals surface area contributed by atoms with Crippen LogP contribution in [0.5, 0.6) is 5.75 Å². The zero-order valence-corrected chi connectivity index (χ0v) is 19.0. The summed E-state index contributed by atoms with van der Waals surface area (Å²) in [5, 5.41) is 12.0. The minimum Gasteiger partial charge on any atom is -0.485 e. The summed E-state index contributed by atoms with van der Waals surface area (Å²) in [6.45, 7) is 13.1. The number of likely N-dealkylation sites (tertiary alicyclic amines) is 1. The average molecular weight is 416 g/mol. The molecule has 158 valence electrons. The molecule has 4 heteroatoms. The van der Waals surface area contributed by atoms with Crippen LogP contribution in [-0.2, 0) is 0 Å². The smallest absolute Gasteiger partial charge is 0.133 e. The number of hydrogen-bond acceptors (Lipinski definition) is 3. The molecule has 2 aromatic carbocycles. The van der Waals surface area contributed by atoms with Crippen LogP contribution in [0.15, 0.2) is 48.5 Å². The minimum atomic E-state index is -0.974. The van der Waals surface area contributed by atoms with Gasteiger partial charge in [0.15, 0.2) is 0 Å². The van der Waals surface area contributed by atoms with Gasteiger partial charge in [-0.1, -0.05) is 49.7 Å². The van der Waals surface area contributed by atoms with Crippen molar-refractivity contribution in [3.63, 3.8) is 0 Å². The van der Waals surface area contributed by atoms with Gasteiger partial charge in [0.2, 0.25) is 0 Å². The van der Waals surface area contributed by atoms with E-state index in [-0.39, 0.29) is 0 Å². The fourth-order valence-corrected chi connectivity index (χ4v) is 4.44. The van der Waals surface area contributed by atoms with Gasteiger partial charge in [0.1, 0.15) is 17.0 Å². The monoisotopic (exact) mass is 415 g/mol. The first-order valence-electron chi connectivity index (χ1n) is 10.6. The molecular formula is C25H34ClNO2. The van der Waals surface area contributed by atoms with Crippen LogP contribution in [0.25, 0.3) is 11.1 Å². The molecule has 0 aliphatic carbocycles. The fraction of sp³-hybridized carbons (Fsp3) is 0.520. The Morgan fingerprint density at radius 3 is 1.93 bits per heavy atom. The molecule has 3 rings (SSSR count). The molecule has 3 unspecified atom stereocenters. The number of nitrogens with zero attached hydrogens (tertiary/aromatic N) is 1. The van der Waals surface area contributed by atoms with Crippen molar-refractivity contribution in [2.75, 3.05) is 19.6 Å². The standard InChI is InChI=1S/C25H34ClNO2/c1-18-14-19(2)16-27(15-18)17-25(5,28)24(3,4)29-23-12-8-21(9-13-23)20-6-10-22(26)11-7-20/h6-13,18-19,28H,14-17H2,1-5H3. The van der Waals surface area contributed by atoms with Crippen molar-refractivity contribution in [1.82, 2.24) is 4.90 Å². The normalized spacial score (nSPS) is 22.9. The maximum atomic E-state index is 11.3. The predicted molar refractivity (Wildman–Crippen MR) is 122 cm³/mol. The molecule has 29 heavy (non-hydrogen) atoms. The van der Waals surface area contributed by atoms with Crippen molar-refractivity contribution in [3.05, 3.63) is 53.6 Å². The summed E-state index contributed by atoms with van der Waals surface area (Å²) in [6.07, 6.45) is 1.26. The topological polar surface area (TPSA) is 32.7 Å². The molecule has 1 fully saturated rings. The van der Waals surface area contributed by atoms with E-state index in [0.717, 1.165) is 35.0 Å². The molecule has 3 nitrogen and oxygen atoms in total. The maximum absolute atomic E-state index is 11.3. The van der Waals surface area contributed by atoms with Crippen LogP contribution in [0.2, 0.25) is 5.02 Å². The molecule has 0 saturated carbocycles. The Morgan fingerprint density at radius 2 is 1.41 bits per heavy atom. The Hall–Kier alpha value is -1.55. The number of rotatable bonds is 6. The number of hydrogen-bond donors (Lipinski definition) is 1. The van der Waals surface area contributed by atoms with Crippen molar-refractivity contribution >= 4 is 11.6 Å². The van der Waals surface area contributed by atoms with Crippen LogP contribution in [0.4, 0.5) is 0 Å². The molecule has 0 spiro atoms. The highest BCUT2D eigenvalue weighted by Crippen LogP contribution is 2.32. The van der Waals surface area contributed by atoms with Gasteiger partial charge < -0.3 is 9.84 Å². The van der Waals surface area contributed by atoms with E-state index in [2.05, 4.69) is 18.7 Å². The Balaban J connectivity index is 1.68. The van der Waals surface area contributed by atoms with E-state index in [4.69, 9.17) is 16.3 Å². The van der Waals surface area contributed by atoms with E-state index in [1.807, 2.05) is 69.3 Å². The molecule has 0 radical (unpaired) electrons. The molecule has 0 amide bonds. The molecule has 1 heterocycles. The van der Waals surface area contributed by atoms with Crippen LogP contribution in [0.3, 0.4) is 0 Å². The number of benzene rings is 2. The van der Waals surface area contributed by atoms with E-state index in [1.54, 1.807) is 0 Å². The molecule has 1 aliphatic rings. The summed E-state index contributed by atoms with van der Waals surface area (Å²) >= 11 is 5.98. The highest BCUT2D eigenvalue weighted by Gasteiger charge is 2.43. The average Bonchev–Trinajstić information content (AvgIpc) is 2.61. The number of aliphatic hydroxyl groups is 1. The first kappa shape index (κ1) is 22.1. The third-order valence-corrected chi connectivity index (χ3v) is 6.43. The van der Waals surface area contributed by atoms with Crippen molar-refractivity contribution in [2.24, 2.45) is 11.8 Å². The molecule has 1 aliphatic heterocycles. The first-order chi connectivity index (χ1) is 13.6. The molecule has 2 aromatic rings. The van der Waals surface area contributed by atoms with Crippen LogP contribution >= 0.6 is 11.6 Å². The first-order valence-corrected chi connectivity index (χ1v) is 10.9. The molecule has 1 saturated heterocycles. The second kappa shape index (κ2) is 8.67. The van der Waals surface area contributed by atoms with Crippen LogP contribution in [-0.4, -0.2) is 40.8 Å². The lowest BCUT2D eigenvalue weighted by molar-refractivity contribution is -0.122. The number of β-amino-alcohol motifs (C(OH)–C–C–N with tert-alkyl or cyclic N) is 1. The van der Waals surface area contributed by atoms with Crippen molar-refractivity contribution in [3.8, 4) is 16.9 Å². The number of halogens is 1. The molecular weight excluding hydrogens is 382 g/mol. The van der Waals surface area contributed by atoms with Gasteiger partial charge in [-0.3, -0.25) is 4.90 Å². The van der Waals surface area contributed by atoms with E-state index in [1.165, 1.54) is 6.42 Å². The van der Waals surface area contributed by atoms with Crippen LogP contribution in [0.1, 0.15) is 41.0 Å². The lowest BCUT2D eigenvalue weighted by Crippen LogP contribution is -2.59. The quantitative estimate of drug-likeness (QED) is 0.638. The number of ether oxygens (including phenoxy) is 1. The van der Waals surface area contributed by atoms with Gasteiger partial charge in [-0.15, -0.1) is 0 Å². The maximum Gasteiger partial charge on any atom is 0.133 e. The predicted octanol–water partition coefficient (Wildman–Crippen LogP) is 5.89. The second-order valence-electron chi connectivity index (χ2n) is 9.56. The van der Waals surface area contributed by atoms with Gasteiger partial charge in [0.25, 0.3) is 0 Å². The van der Waals surface area contributed by atoms with Crippen LogP contribution in [0, 0.1) is 11.8 Å². The molecule has 0 bridgehead atoms. The van der Waals surface area contributed by atoms with Crippen molar-refractivity contribution < 1.29 is 9.84 Å². The Labute approximate surface area is 180 Å². The SMILES string of the molecule is CC1CC(C)CN(CC(C)(O)C(C)(C)Oc2ccc(-c3ccc(Cl)cc3)cc2)C1. The summed E-state index contributed by atoms with van der Waals surface area (Å²) in [5.41, 5.74) is 0.521. The molecule has 3 atom stereocenters. The Kier molecular flexibility index (Phi) is 6.62. The van der Waals surface area contributed by atoms with Gasteiger partial charge >= 0.3 is 0 Å². The second-order valence-corrected chi connectivity index (χ2v) is 9.99. The van der Waals surface area contributed by atoms with E-state index in [9.17, 15) is 5.11 Å². The summed E-state index contributed by atoms with van der Waals surface area (Å²) in [7, 11) is 0. The molecule has 1 N–H and O–H groups in total.